The highest BCUT2D eigenvalue weighted by molar-refractivity contribution is 7.96. The molecule has 0 radical (unpaired) electrons. The first-order valence-electron chi connectivity index (χ1n) is 12.2. The van der Waals surface area contributed by atoms with Crippen molar-refractivity contribution in [3.63, 3.8) is 0 Å². The van der Waals surface area contributed by atoms with Crippen LogP contribution in [0.25, 0.3) is 16.9 Å². The second-order valence-corrected chi connectivity index (χ2v) is 11.1. The number of nitrogens with zero attached hydrogens (tertiary/aromatic N) is 6. The summed E-state index contributed by atoms with van der Waals surface area (Å²) in [7, 11) is 2.18. The molecule has 0 bridgehead atoms. The van der Waals surface area contributed by atoms with Crippen molar-refractivity contribution in [1.29, 1.82) is 5.26 Å². The Kier molecular flexibility index (Phi) is 8.52. The zero-order valence-electron chi connectivity index (χ0n) is 22.6. The monoisotopic (exact) mass is 714 g/mol. The number of halogens is 13. The molecule has 8 nitrogen and oxygen atoms in total. The molecule has 2 aromatic heterocycles. The summed E-state index contributed by atoms with van der Waals surface area (Å²) in [6.07, 6.45) is -9.94. The minimum Gasteiger partial charge on any atom is -0.397 e. The summed E-state index contributed by atoms with van der Waals surface area (Å²) < 4.78 is 165. The Morgan fingerprint density at radius 1 is 1.04 bits per heavy atom. The molecule has 4 rings (SSSR count). The Balaban J connectivity index is 1.68. The predicted molar refractivity (Wildman–Crippen MR) is 135 cm³/mol. The largest absolute Gasteiger partial charge is 0.460 e. The van der Waals surface area contributed by atoms with Gasteiger partial charge in [-0.3, -0.25) is 4.79 Å². The van der Waals surface area contributed by atoms with E-state index in [9.17, 15) is 62.7 Å². The first-order chi connectivity index (χ1) is 20.9. The van der Waals surface area contributed by atoms with E-state index in [1.807, 2.05) is 6.07 Å². The van der Waals surface area contributed by atoms with Gasteiger partial charge in [-0.1, -0.05) is 17.7 Å². The number of aryl methyl sites for hydroxylation is 1. The van der Waals surface area contributed by atoms with Crippen molar-refractivity contribution in [2.45, 2.75) is 47.8 Å². The molecule has 0 spiro atoms. The lowest BCUT2D eigenvalue weighted by molar-refractivity contribution is -0.381. The van der Waals surface area contributed by atoms with Crippen LogP contribution in [0.2, 0.25) is 5.02 Å². The summed E-state index contributed by atoms with van der Waals surface area (Å²) in [4.78, 5) is 14.2. The number of carbonyl (C=O) groups excluding carboxylic acids is 1. The van der Waals surface area contributed by atoms with Gasteiger partial charge in [0.25, 0.3) is 11.8 Å². The van der Waals surface area contributed by atoms with E-state index in [-0.39, 0.29) is 21.7 Å². The fraction of sp³-hybridized carbons (Fsp3) is 0.417. The average Bonchev–Trinajstić information content (AvgIpc) is 3.46. The second kappa shape index (κ2) is 11.2. The first kappa shape index (κ1) is 35.1. The molecule has 0 aliphatic heterocycles. The van der Waals surface area contributed by atoms with Crippen LogP contribution in [0.4, 0.5) is 52.7 Å². The highest BCUT2D eigenvalue weighted by Gasteiger charge is 2.83. The Labute approximate surface area is 258 Å². The van der Waals surface area contributed by atoms with Crippen molar-refractivity contribution in [2.24, 2.45) is 7.05 Å². The van der Waals surface area contributed by atoms with Crippen molar-refractivity contribution >= 4 is 29.6 Å². The maximum absolute atomic E-state index is 14.1. The first-order valence-corrected chi connectivity index (χ1v) is 13.3. The molecule has 2 heterocycles. The summed E-state index contributed by atoms with van der Waals surface area (Å²) in [5.74, 6) is -18.1. The molecule has 250 valence electrons. The lowest BCUT2D eigenvalue weighted by Gasteiger charge is -2.32. The lowest BCUT2D eigenvalue weighted by atomic mass is 10.0. The van der Waals surface area contributed by atoms with E-state index in [1.165, 1.54) is 30.1 Å². The molecular formula is C24H15ClF12N6O2S. The van der Waals surface area contributed by atoms with E-state index < -0.39 is 70.2 Å². The number of nitriles is 1. The molecule has 22 heteroatoms. The number of amides is 1. The minimum atomic E-state index is -7.30. The third-order valence-corrected chi connectivity index (χ3v) is 7.85. The maximum Gasteiger partial charge on any atom is 0.460 e. The Hall–Kier alpha value is -3.80. The molecule has 1 fully saturated rings. The van der Waals surface area contributed by atoms with Crippen LogP contribution < -0.4 is 4.18 Å². The molecule has 0 atom stereocenters. The molecule has 0 unspecified atom stereocenters. The number of hydrogen-bond acceptors (Lipinski definition) is 6. The third kappa shape index (κ3) is 5.80. The standard InChI is InChI=1S/C24H15ClF12N6O2S/c1-41(19(10-38)5-6-19)18(44)13-7-11(3-4-14(13)25)12-8-39-43(9-12)17-15(20(26,27)28)16(40-42(17)2)45-46-24(36,37)22(31,32)21(29,30)23(33,34)35/h3-4,7-9H,5-6H2,1-2H3. The van der Waals surface area contributed by atoms with Crippen LogP contribution in [-0.4, -0.2) is 66.2 Å². The molecule has 3 aromatic rings. The molecule has 0 saturated heterocycles. The maximum atomic E-state index is 14.1. The summed E-state index contributed by atoms with van der Waals surface area (Å²) in [5, 5.41) is 9.83. The molecule has 1 aromatic carbocycles. The van der Waals surface area contributed by atoms with Crippen LogP contribution >= 0.6 is 23.6 Å². The number of hydrogen-bond donors (Lipinski definition) is 0. The van der Waals surface area contributed by atoms with Crippen molar-refractivity contribution in [2.75, 3.05) is 7.05 Å². The van der Waals surface area contributed by atoms with Gasteiger partial charge >= 0.3 is 29.5 Å². The molecule has 1 aliphatic carbocycles. The fourth-order valence-corrected chi connectivity index (χ4v) is 4.77. The number of benzene rings is 1. The zero-order chi connectivity index (χ0) is 34.8. The molecule has 0 N–H and O–H groups in total. The van der Waals surface area contributed by atoms with E-state index in [0.717, 1.165) is 19.4 Å². The van der Waals surface area contributed by atoms with Gasteiger partial charge in [-0.2, -0.15) is 63.0 Å². The second-order valence-electron chi connectivity index (χ2n) is 9.83. The van der Waals surface area contributed by atoms with Crippen LogP contribution in [0, 0.1) is 11.3 Å². The van der Waals surface area contributed by atoms with Crippen molar-refractivity contribution < 1.29 is 61.7 Å². The van der Waals surface area contributed by atoms with Crippen molar-refractivity contribution in [3.05, 3.63) is 46.7 Å². The van der Waals surface area contributed by atoms with Gasteiger partial charge in [0.15, 0.2) is 11.4 Å². The van der Waals surface area contributed by atoms with Gasteiger partial charge in [0.2, 0.25) is 0 Å². The van der Waals surface area contributed by atoms with E-state index in [1.54, 1.807) is 0 Å². The predicted octanol–water partition coefficient (Wildman–Crippen LogP) is 7.53. The summed E-state index contributed by atoms with van der Waals surface area (Å²) >= 11 is 4.08. The van der Waals surface area contributed by atoms with E-state index in [4.69, 9.17) is 11.6 Å². The van der Waals surface area contributed by atoms with Gasteiger partial charge in [-0.05, 0) is 30.5 Å². The van der Waals surface area contributed by atoms with Gasteiger partial charge in [0, 0.05) is 25.9 Å². The number of alkyl halides is 12. The fourth-order valence-electron chi connectivity index (χ4n) is 4.04. The SMILES string of the molecule is CN(C(=O)c1cc(-c2cnn(-c3c(C(F)(F)F)c(OSC(F)(F)C(F)(F)C(F)(F)C(F)(F)F)nn3C)c2)ccc1Cl)C1(C#N)CC1. The molecular weight excluding hydrogens is 700 g/mol. The van der Waals surface area contributed by atoms with Crippen LogP contribution in [-0.2, 0) is 13.2 Å². The van der Waals surface area contributed by atoms with Gasteiger partial charge in [-0.25, -0.2) is 9.36 Å². The normalized spacial score (nSPS) is 15.4. The van der Waals surface area contributed by atoms with Gasteiger partial charge in [0.1, 0.15) is 17.6 Å². The zero-order valence-corrected chi connectivity index (χ0v) is 24.2. The van der Waals surface area contributed by atoms with E-state index in [0.29, 0.717) is 22.2 Å². The topological polar surface area (TPSA) is 89.0 Å². The smallest absolute Gasteiger partial charge is 0.397 e. The quantitative estimate of drug-likeness (QED) is 0.168. The van der Waals surface area contributed by atoms with Crippen molar-refractivity contribution in [3.8, 4) is 28.9 Å². The van der Waals surface area contributed by atoms with Gasteiger partial charge in [-0.15, -0.1) is 5.10 Å². The number of aromatic nitrogens is 4. The Morgan fingerprint density at radius 2 is 1.65 bits per heavy atom. The van der Waals surface area contributed by atoms with E-state index >= 15 is 0 Å². The number of rotatable bonds is 9. The van der Waals surface area contributed by atoms with Crippen LogP contribution in [0.3, 0.4) is 0 Å². The van der Waals surface area contributed by atoms with Crippen LogP contribution in [0.15, 0.2) is 30.6 Å². The third-order valence-electron chi connectivity index (χ3n) is 6.82. The molecule has 46 heavy (non-hydrogen) atoms. The Morgan fingerprint density at radius 3 is 2.17 bits per heavy atom. The van der Waals surface area contributed by atoms with Crippen LogP contribution in [0.5, 0.6) is 5.88 Å². The number of carbonyl (C=O) groups is 1. The van der Waals surface area contributed by atoms with Gasteiger partial charge in [0.05, 0.1) is 22.9 Å². The molecule has 1 aliphatic rings. The van der Waals surface area contributed by atoms with Crippen LogP contribution in [0.1, 0.15) is 28.8 Å². The molecule has 1 saturated carbocycles. The highest BCUT2D eigenvalue weighted by atomic mass is 35.5. The highest BCUT2D eigenvalue weighted by Crippen LogP contribution is 2.57. The van der Waals surface area contributed by atoms with Crippen molar-refractivity contribution in [1.82, 2.24) is 24.5 Å². The average molecular weight is 715 g/mol. The van der Waals surface area contributed by atoms with E-state index in [2.05, 4.69) is 14.4 Å². The molecule has 1 amide bonds. The summed E-state index contributed by atoms with van der Waals surface area (Å²) in [5.41, 5.74) is -2.93. The Bertz CT molecular complexity index is 1710. The summed E-state index contributed by atoms with van der Waals surface area (Å²) in [6.45, 7) is 0. The van der Waals surface area contributed by atoms with Gasteiger partial charge < -0.3 is 9.08 Å². The minimum absolute atomic E-state index is 0.0256. The lowest BCUT2D eigenvalue weighted by Crippen LogP contribution is -2.59. The summed E-state index contributed by atoms with van der Waals surface area (Å²) in [6, 6.07) is 5.93.